The molecule has 1 aromatic carbocycles. The Balaban J connectivity index is 1.19. The summed E-state index contributed by atoms with van der Waals surface area (Å²) in [7, 11) is 0. The van der Waals surface area contributed by atoms with E-state index >= 15 is 0 Å². The largest absolute Gasteiger partial charge is 0.349 e. The monoisotopic (exact) mass is 475 g/mol. The fourth-order valence-corrected chi connectivity index (χ4v) is 8.69. The van der Waals surface area contributed by atoms with Gasteiger partial charge in [0.05, 0.1) is 13.2 Å². The number of fused-ring (bicyclic) bond motifs is 8. The van der Waals surface area contributed by atoms with Gasteiger partial charge in [0.1, 0.15) is 0 Å². The molecule has 5 atom stereocenters. The van der Waals surface area contributed by atoms with Crippen LogP contribution in [0.3, 0.4) is 0 Å². The topological polar surface area (TPSA) is 38.8 Å². The number of amides is 1. The van der Waals surface area contributed by atoms with E-state index in [0.717, 1.165) is 71.1 Å². The Morgan fingerprint density at radius 2 is 1.80 bits per heavy atom. The zero-order valence-corrected chi connectivity index (χ0v) is 22.0. The van der Waals surface area contributed by atoms with Crippen LogP contribution in [0.25, 0.3) is 0 Å². The smallest absolute Gasteiger partial charge is 0.223 e. The van der Waals surface area contributed by atoms with Gasteiger partial charge < -0.3 is 14.4 Å². The van der Waals surface area contributed by atoms with Gasteiger partial charge in [-0.2, -0.15) is 0 Å². The summed E-state index contributed by atoms with van der Waals surface area (Å²) in [5.74, 6) is 1.66. The third kappa shape index (κ3) is 3.21. The maximum Gasteiger partial charge on any atom is 0.223 e. The highest BCUT2D eigenvalue weighted by molar-refractivity contribution is 5.78. The average molecular weight is 476 g/mol. The molecule has 1 spiro atoms. The van der Waals surface area contributed by atoms with Gasteiger partial charge in [-0.05, 0) is 71.6 Å². The standard InChI is InChI=1S/C31H41NO3/c1-19-21-10-11-22-23-9-8-20-15-31(34-17-29(2,3)18-35-31)13-12-30(20,4)26(23)14-24(22)25(21)16-32-27(19)6-5-7-28(32)33/h8,10-11,19,23,26-27H,5-7,9,12-18H2,1-4H3/t19-,23+,26+,27+,30+/m1/s1. The van der Waals surface area contributed by atoms with E-state index in [0.29, 0.717) is 29.7 Å². The Morgan fingerprint density at radius 3 is 2.60 bits per heavy atom. The lowest BCUT2D eigenvalue weighted by atomic mass is 9.56. The lowest BCUT2D eigenvalue weighted by Gasteiger charge is -2.54. The van der Waals surface area contributed by atoms with Crippen LogP contribution in [0.2, 0.25) is 0 Å². The quantitative estimate of drug-likeness (QED) is 0.418. The third-order valence-electron chi connectivity index (χ3n) is 10.9. The third-order valence-corrected chi connectivity index (χ3v) is 10.9. The van der Waals surface area contributed by atoms with Crippen molar-refractivity contribution in [3.63, 3.8) is 0 Å². The van der Waals surface area contributed by atoms with E-state index in [-0.39, 0.29) is 10.8 Å². The zero-order chi connectivity index (χ0) is 24.2. The predicted molar refractivity (Wildman–Crippen MR) is 136 cm³/mol. The molecule has 4 heteroatoms. The summed E-state index contributed by atoms with van der Waals surface area (Å²) in [6, 6.07) is 5.30. The number of carbonyl (C=O) groups is 1. The van der Waals surface area contributed by atoms with Crippen LogP contribution in [-0.2, 0) is 27.2 Å². The van der Waals surface area contributed by atoms with E-state index in [1.807, 2.05) is 0 Å². The first kappa shape index (κ1) is 22.5. The molecule has 4 nitrogen and oxygen atoms in total. The molecule has 3 aliphatic heterocycles. The second kappa shape index (κ2) is 7.44. The lowest BCUT2D eigenvalue weighted by Crippen LogP contribution is -2.53. The molecular weight excluding hydrogens is 434 g/mol. The second-order valence-electron chi connectivity index (χ2n) is 13.6. The number of piperidine rings is 1. The molecule has 0 bridgehead atoms. The maximum atomic E-state index is 12.9. The number of hydrogen-bond donors (Lipinski definition) is 0. The Morgan fingerprint density at radius 1 is 1.03 bits per heavy atom. The molecule has 6 aliphatic rings. The molecule has 188 valence electrons. The summed E-state index contributed by atoms with van der Waals surface area (Å²) in [5.41, 5.74) is 8.07. The van der Waals surface area contributed by atoms with Crippen molar-refractivity contribution < 1.29 is 14.3 Å². The van der Waals surface area contributed by atoms with Gasteiger partial charge in [-0.25, -0.2) is 0 Å². The molecule has 1 amide bonds. The minimum Gasteiger partial charge on any atom is -0.349 e. The number of hydrogen-bond acceptors (Lipinski definition) is 3. The van der Waals surface area contributed by atoms with Crippen molar-refractivity contribution in [1.29, 1.82) is 0 Å². The Labute approximate surface area is 210 Å². The summed E-state index contributed by atoms with van der Waals surface area (Å²) < 4.78 is 12.9. The van der Waals surface area contributed by atoms with E-state index < -0.39 is 5.79 Å². The van der Waals surface area contributed by atoms with E-state index in [9.17, 15) is 4.79 Å². The minimum atomic E-state index is -0.405. The summed E-state index contributed by atoms with van der Waals surface area (Å²) >= 11 is 0. The van der Waals surface area contributed by atoms with E-state index in [1.54, 1.807) is 16.7 Å². The normalized spacial score (nSPS) is 38.7. The van der Waals surface area contributed by atoms with Gasteiger partial charge in [-0.1, -0.05) is 51.5 Å². The Hall–Kier alpha value is -1.65. The molecule has 0 unspecified atom stereocenters. The Bertz CT molecular complexity index is 1110. The van der Waals surface area contributed by atoms with Gasteiger partial charge >= 0.3 is 0 Å². The van der Waals surface area contributed by atoms with Gasteiger partial charge in [0.15, 0.2) is 5.79 Å². The van der Waals surface area contributed by atoms with Gasteiger partial charge in [-0.15, -0.1) is 0 Å². The molecule has 35 heavy (non-hydrogen) atoms. The van der Waals surface area contributed by atoms with Crippen molar-refractivity contribution in [2.24, 2.45) is 16.7 Å². The first-order valence-corrected chi connectivity index (χ1v) is 14.1. The minimum absolute atomic E-state index is 0.107. The van der Waals surface area contributed by atoms with E-state index in [1.165, 1.54) is 11.1 Å². The van der Waals surface area contributed by atoms with Crippen molar-refractivity contribution in [1.82, 2.24) is 4.90 Å². The van der Waals surface area contributed by atoms with Gasteiger partial charge in [0, 0.05) is 43.2 Å². The maximum absolute atomic E-state index is 12.9. The first-order valence-electron chi connectivity index (χ1n) is 14.1. The van der Waals surface area contributed by atoms with E-state index in [4.69, 9.17) is 9.47 Å². The molecule has 0 aromatic heterocycles. The number of ether oxygens (including phenoxy) is 2. The van der Waals surface area contributed by atoms with Gasteiger partial charge in [0.25, 0.3) is 0 Å². The second-order valence-corrected chi connectivity index (χ2v) is 13.6. The number of allylic oxidation sites excluding steroid dienone is 1. The molecule has 3 fully saturated rings. The SMILES string of the molecule is C[C@@H]1c2ccc3c(c2CN2C(=O)CCC[C@@H]12)C[C@H]1[C@H]3CC=C2CC3(CC[C@@]21C)OCC(C)(C)CO3. The summed E-state index contributed by atoms with van der Waals surface area (Å²) in [6.07, 6.45) is 10.8. The van der Waals surface area contributed by atoms with Crippen molar-refractivity contribution in [3.05, 3.63) is 46.0 Å². The van der Waals surface area contributed by atoms with Crippen LogP contribution >= 0.6 is 0 Å². The molecule has 0 radical (unpaired) electrons. The van der Waals surface area contributed by atoms with Crippen LogP contribution in [-0.4, -0.2) is 35.8 Å². The predicted octanol–water partition coefficient (Wildman–Crippen LogP) is 6.23. The van der Waals surface area contributed by atoms with Crippen molar-refractivity contribution in [2.45, 2.75) is 109 Å². The number of carbonyl (C=O) groups excluding carboxylic acids is 1. The highest BCUT2D eigenvalue weighted by Crippen LogP contribution is 2.62. The molecule has 3 aliphatic carbocycles. The van der Waals surface area contributed by atoms with Crippen molar-refractivity contribution in [3.8, 4) is 0 Å². The molecule has 7 rings (SSSR count). The van der Waals surface area contributed by atoms with Crippen LogP contribution in [0.4, 0.5) is 0 Å². The molecule has 1 saturated carbocycles. The zero-order valence-electron chi connectivity index (χ0n) is 22.0. The van der Waals surface area contributed by atoms with Crippen LogP contribution in [0.1, 0.15) is 107 Å². The number of nitrogens with zero attached hydrogens (tertiary/aromatic N) is 1. The fraction of sp³-hybridized carbons (Fsp3) is 0.710. The summed E-state index contributed by atoms with van der Waals surface area (Å²) in [6.45, 7) is 11.8. The highest BCUT2D eigenvalue weighted by Gasteiger charge is 2.55. The number of benzene rings is 1. The highest BCUT2D eigenvalue weighted by atomic mass is 16.7. The lowest BCUT2D eigenvalue weighted by molar-refractivity contribution is -0.309. The molecular formula is C31H41NO3. The van der Waals surface area contributed by atoms with Crippen LogP contribution < -0.4 is 0 Å². The molecule has 0 N–H and O–H groups in total. The fourth-order valence-electron chi connectivity index (χ4n) is 8.69. The van der Waals surface area contributed by atoms with Crippen molar-refractivity contribution >= 4 is 5.91 Å². The Kier molecular flexibility index (Phi) is 4.79. The molecule has 1 aromatic rings. The van der Waals surface area contributed by atoms with Crippen molar-refractivity contribution in [2.75, 3.05) is 13.2 Å². The first-order chi connectivity index (χ1) is 16.7. The van der Waals surface area contributed by atoms with Crippen LogP contribution in [0.5, 0.6) is 0 Å². The summed E-state index contributed by atoms with van der Waals surface area (Å²) in [4.78, 5) is 15.1. The van der Waals surface area contributed by atoms with Crippen LogP contribution in [0, 0.1) is 16.7 Å². The van der Waals surface area contributed by atoms with Gasteiger partial charge in [0.2, 0.25) is 5.91 Å². The molecule has 3 heterocycles. The average Bonchev–Trinajstić information content (AvgIpc) is 3.23. The number of rotatable bonds is 0. The van der Waals surface area contributed by atoms with Gasteiger partial charge in [-0.3, -0.25) is 4.79 Å². The van der Waals surface area contributed by atoms with Crippen LogP contribution in [0.15, 0.2) is 23.8 Å². The van der Waals surface area contributed by atoms with E-state index in [2.05, 4.69) is 50.8 Å². The molecule has 2 saturated heterocycles. The summed E-state index contributed by atoms with van der Waals surface area (Å²) in [5, 5.41) is 0.